The molecule has 0 bridgehead atoms. The Bertz CT molecular complexity index is 886. The number of amides is 1. The molecule has 2 aliphatic heterocycles. The van der Waals surface area contributed by atoms with Crippen molar-refractivity contribution in [3.8, 4) is 5.88 Å². The monoisotopic (exact) mass is 426 g/mol. The number of hydrogen-bond donors (Lipinski definition) is 0. The van der Waals surface area contributed by atoms with Crippen LogP contribution in [0.5, 0.6) is 5.88 Å². The number of piperidine rings is 1. The van der Waals surface area contributed by atoms with Gasteiger partial charge in [-0.2, -0.15) is 0 Å². The molecule has 2 aromatic heterocycles. The molecule has 1 atom stereocenters. The zero-order chi connectivity index (χ0) is 22.0. The molecule has 0 saturated carbocycles. The highest BCUT2D eigenvalue weighted by atomic mass is 16.5. The van der Waals surface area contributed by atoms with E-state index in [0.717, 1.165) is 51.3 Å². The van der Waals surface area contributed by atoms with Gasteiger partial charge in [-0.15, -0.1) is 10.2 Å². The molecule has 8 heteroatoms. The second-order valence-electron chi connectivity index (χ2n) is 9.20. The maximum atomic E-state index is 13.4. The maximum absolute atomic E-state index is 13.4. The van der Waals surface area contributed by atoms with E-state index in [0.29, 0.717) is 24.0 Å². The number of pyridine rings is 1. The minimum atomic E-state index is 0.0323. The smallest absolute Gasteiger partial charge is 0.255 e. The van der Waals surface area contributed by atoms with E-state index in [2.05, 4.69) is 45.4 Å². The standard InChI is InChI=1S/C23H34N6O2/c1-5-10-28-16-25-26-21(28)19-14-29(22(30)18-6-7-20(31-4)24-13-18)15-23(19)8-11-27(12-9-23)17(2)3/h6-7,13,16-17,19H,5,8-12,14-15H2,1-4H3. The molecular formula is C23H34N6O2. The Labute approximate surface area is 184 Å². The topological polar surface area (TPSA) is 76.4 Å². The molecule has 2 saturated heterocycles. The van der Waals surface area contributed by atoms with Crippen LogP contribution in [0.4, 0.5) is 0 Å². The van der Waals surface area contributed by atoms with Gasteiger partial charge in [-0.25, -0.2) is 4.98 Å². The van der Waals surface area contributed by atoms with Crippen LogP contribution in [0.3, 0.4) is 0 Å². The average Bonchev–Trinajstić information content (AvgIpc) is 3.38. The van der Waals surface area contributed by atoms with Crippen LogP contribution in [-0.2, 0) is 6.54 Å². The summed E-state index contributed by atoms with van der Waals surface area (Å²) in [7, 11) is 1.58. The summed E-state index contributed by atoms with van der Waals surface area (Å²) in [5.41, 5.74) is 0.644. The molecule has 1 unspecified atom stereocenters. The highest BCUT2D eigenvalue weighted by Crippen LogP contribution is 2.49. The van der Waals surface area contributed by atoms with Crippen molar-refractivity contribution in [2.24, 2.45) is 5.41 Å². The summed E-state index contributed by atoms with van der Waals surface area (Å²) in [5.74, 6) is 1.78. The molecule has 1 amide bonds. The van der Waals surface area contributed by atoms with Gasteiger partial charge in [0.1, 0.15) is 12.2 Å². The highest BCUT2D eigenvalue weighted by molar-refractivity contribution is 5.94. The first-order valence-corrected chi connectivity index (χ1v) is 11.4. The number of carbonyl (C=O) groups is 1. The number of aromatic nitrogens is 4. The van der Waals surface area contributed by atoms with E-state index in [1.807, 2.05) is 11.2 Å². The van der Waals surface area contributed by atoms with E-state index in [-0.39, 0.29) is 17.2 Å². The first kappa shape index (κ1) is 21.7. The lowest BCUT2D eigenvalue weighted by atomic mass is 9.70. The van der Waals surface area contributed by atoms with Gasteiger partial charge in [0.05, 0.1) is 12.7 Å². The minimum absolute atomic E-state index is 0.0323. The predicted molar refractivity (Wildman–Crippen MR) is 118 cm³/mol. The molecule has 0 aliphatic carbocycles. The summed E-state index contributed by atoms with van der Waals surface area (Å²) < 4.78 is 7.32. The average molecular weight is 427 g/mol. The van der Waals surface area contributed by atoms with Gasteiger partial charge in [0.15, 0.2) is 0 Å². The van der Waals surface area contributed by atoms with Crippen molar-refractivity contribution < 1.29 is 9.53 Å². The van der Waals surface area contributed by atoms with E-state index in [9.17, 15) is 4.79 Å². The molecule has 4 heterocycles. The SMILES string of the molecule is CCCn1cnnc1C1CN(C(=O)c2ccc(OC)nc2)CC12CCN(C(C)C)CC2. The number of likely N-dealkylation sites (tertiary alicyclic amines) is 2. The van der Waals surface area contributed by atoms with Gasteiger partial charge in [0.2, 0.25) is 5.88 Å². The molecule has 0 N–H and O–H groups in total. The summed E-state index contributed by atoms with van der Waals surface area (Å²) in [6.07, 6.45) is 6.63. The molecule has 2 aromatic rings. The van der Waals surface area contributed by atoms with Crippen molar-refractivity contribution in [2.75, 3.05) is 33.3 Å². The molecule has 8 nitrogen and oxygen atoms in total. The van der Waals surface area contributed by atoms with Gasteiger partial charge < -0.3 is 19.1 Å². The maximum Gasteiger partial charge on any atom is 0.255 e. The molecule has 168 valence electrons. The molecular weight excluding hydrogens is 392 g/mol. The van der Waals surface area contributed by atoms with Crippen molar-refractivity contribution in [2.45, 2.75) is 58.5 Å². The number of methoxy groups -OCH3 is 1. The number of carbonyl (C=O) groups excluding carboxylic acids is 1. The number of nitrogens with zero attached hydrogens (tertiary/aromatic N) is 6. The number of rotatable bonds is 6. The number of aryl methyl sites for hydroxylation is 1. The van der Waals surface area contributed by atoms with Crippen LogP contribution in [0.15, 0.2) is 24.7 Å². The van der Waals surface area contributed by atoms with Crippen LogP contribution in [0, 0.1) is 5.41 Å². The van der Waals surface area contributed by atoms with E-state index in [4.69, 9.17) is 4.74 Å². The summed E-state index contributed by atoms with van der Waals surface area (Å²) >= 11 is 0. The number of ether oxygens (including phenoxy) is 1. The van der Waals surface area contributed by atoms with Gasteiger partial charge in [-0.05, 0) is 52.3 Å². The first-order valence-electron chi connectivity index (χ1n) is 11.4. The van der Waals surface area contributed by atoms with Gasteiger partial charge >= 0.3 is 0 Å². The quantitative estimate of drug-likeness (QED) is 0.707. The Morgan fingerprint density at radius 1 is 1.29 bits per heavy atom. The fourth-order valence-electron chi connectivity index (χ4n) is 5.23. The lowest BCUT2D eigenvalue weighted by Crippen LogP contribution is -2.46. The van der Waals surface area contributed by atoms with Gasteiger partial charge in [0.25, 0.3) is 5.91 Å². The van der Waals surface area contributed by atoms with Crippen LogP contribution in [0.25, 0.3) is 0 Å². The van der Waals surface area contributed by atoms with Crippen LogP contribution in [0.1, 0.15) is 62.1 Å². The van der Waals surface area contributed by atoms with Gasteiger partial charge in [0, 0.05) is 49.3 Å². The van der Waals surface area contributed by atoms with E-state index in [1.54, 1.807) is 25.4 Å². The lowest BCUT2D eigenvalue weighted by molar-refractivity contribution is 0.0645. The first-order chi connectivity index (χ1) is 15.0. The van der Waals surface area contributed by atoms with Crippen molar-refractivity contribution >= 4 is 5.91 Å². The van der Waals surface area contributed by atoms with Crippen LogP contribution >= 0.6 is 0 Å². The Hall–Kier alpha value is -2.48. The molecule has 0 radical (unpaired) electrons. The van der Waals surface area contributed by atoms with Gasteiger partial charge in [-0.1, -0.05) is 6.92 Å². The molecule has 1 spiro atoms. The zero-order valence-corrected chi connectivity index (χ0v) is 19.1. The van der Waals surface area contributed by atoms with Crippen molar-refractivity contribution in [3.05, 3.63) is 36.0 Å². The summed E-state index contributed by atoms with van der Waals surface area (Å²) in [6, 6.07) is 4.09. The second-order valence-corrected chi connectivity index (χ2v) is 9.20. The number of hydrogen-bond acceptors (Lipinski definition) is 6. The Morgan fingerprint density at radius 3 is 2.68 bits per heavy atom. The van der Waals surface area contributed by atoms with Crippen LogP contribution in [0.2, 0.25) is 0 Å². The molecule has 2 aliphatic rings. The Morgan fingerprint density at radius 2 is 2.06 bits per heavy atom. The van der Waals surface area contributed by atoms with E-state index >= 15 is 0 Å². The van der Waals surface area contributed by atoms with E-state index in [1.165, 1.54) is 0 Å². The fraction of sp³-hybridized carbons (Fsp3) is 0.652. The third kappa shape index (κ3) is 4.18. The summed E-state index contributed by atoms with van der Waals surface area (Å²) in [6.45, 7) is 11.1. The van der Waals surface area contributed by atoms with Crippen molar-refractivity contribution in [1.29, 1.82) is 0 Å². The zero-order valence-electron chi connectivity index (χ0n) is 19.1. The molecule has 4 rings (SSSR count). The normalized spacial score (nSPS) is 21.2. The van der Waals surface area contributed by atoms with Crippen LogP contribution in [-0.4, -0.2) is 74.8 Å². The second kappa shape index (κ2) is 8.94. The molecule has 31 heavy (non-hydrogen) atoms. The summed E-state index contributed by atoms with van der Waals surface area (Å²) in [4.78, 5) is 22.1. The third-order valence-electron chi connectivity index (χ3n) is 7.07. The van der Waals surface area contributed by atoms with Crippen LogP contribution < -0.4 is 4.74 Å². The Kier molecular flexibility index (Phi) is 6.27. The fourth-order valence-corrected chi connectivity index (χ4v) is 5.23. The largest absolute Gasteiger partial charge is 0.481 e. The molecule has 2 fully saturated rings. The Balaban J connectivity index is 1.61. The highest BCUT2D eigenvalue weighted by Gasteiger charge is 2.51. The van der Waals surface area contributed by atoms with Crippen molar-refractivity contribution in [1.82, 2.24) is 29.5 Å². The molecule has 0 aromatic carbocycles. The van der Waals surface area contributed by atoms with E-state index < -0.39 is 0 Å². The minimum Gasteiger partial charge on any atom is -0.481 e. The predicted octanol–water partition coefficient (Wildman–Crippen LogP) is 2.82. The van der Waals surface area contributed by atoms with Gasteiger partial charge in [-0.3, -0.25) is 4.79 Å². The summed E-state index contributed by atoms with van der Waals surface area (Å²) in [5, 5.41) is 8.77. The van der Waals surface area contributed by atoms with Crippen molar-refractivity contribution in [3.63, 3.8) is 0 Å². The lowest BCUT2D eigenvalue weighted by Gasteiger charge is -2.43. The third-order valence-corrected chi connectivity index (χ3v) is 7.07.